The number of amides is 2. The Hall–Kier alpha value is -1.30. The van der Waals surface area contributed by atoms with E-state index >= 15 is 0 Å². The predicted molar refractivity (Wildman–Crippen MR) is 82.3 cm³/mol. The fourth-order valence-corrected chi connectivity index (χ4v) is 2.63. The van der Waals surface area contributed by atoms with E-state index in [1.54, 1.807) is 11.8 Å². The Morgan fingerprint density at radius 1 is 1.29 bits per heavy atom. The first-order chi connectivity index (χ1) is 9.82. The number of nitrogens with one attached hydrogen (secondary N) is 1. The number of urea groups is 1. The number of carboxylic acid groups (broad SMARTS) is 1. The number of carbonyl (C=O) groups excluding carboxylic acids is 1. The zero-order valence-electron chi connectivity index (χ0n) is 13.7. The van der Waals surface area contributed by atoms with Crippen LogP contribution in [0.3, 0.4) is 0 Å². The molecule has 1 fully saturated rings. The van der Waals surface area contributed by atoms with Crippen LogP contribution in [0.5, 0.6) is 0 Å². The number of aliphatic carboxylic acids is 1. The van der Waals surface area contributed by atoms with Gasteiger partial charge >= 0.3 is 12.0 Å². The number of piperidine rings is 1. The van der Waals surface area contributed by atoms with Gasteiger partial charge < -0.3 is 20.2 Å². The number of nitrogens with zero attached hydrogens (tertiary/aromatic N) is 2. The number of hydrogen-bond acceptors (Lipinski definition) is 3. The molecule has 1 unspecified atom stereocenters. The Morgan fingerprint density at radius 2 is 1.81 bits per heavy atom. The van der Waals surface area contributed by atoms with Crippen molar-refractivity contribution in [3.05, 3.63) is 0 Å². The highest BCUT2D eigenvalue weighted by Gasteiger charge is 2.38. The van der Waals surface area contributed by atoms with Gasteiger partial charge in [-0.05, 0) is 39.8 Å². The standard InChI is InChI=1S/C15H29N3O3/c1-5-17(6-2)11-12(3)16-14(21)18-9-7-15(4,8-10-18)13(19)20/h12H,5-11H2,1-4H3,(H,16,21)(H,19,20). The summed E-state index contributed by atoms with van der Waals surface area (Å²) in [6.45, 7) is 11.8. The molecular formula is C15H29N3O3. The van der Waals surface area contributed by atoms with Gasteiger partial charge in [0.1, 0.15) is 0 Å². The second-order valence-electron chi connectivity index (χ2n) is 6.19. The molecule has 2 amide bonds. The molecule has 6 heteroatoms. The van der Waals surface area contributed by atoms with E-state index in [2.05, 4.69) is 24.1 Å². The molecule has 1 aliphatic heterocycles. The van der Waals surface area contributed by atoms with Gasteiger partial charge in [0.25, 0.3) is 0 Å². The molecule has 0 saturated carbocycles. The number of likely N-dealkylation sites (tertiary alicyclic amines) is 1. The van der Waals surface area contributed by atoms with E-state index in [1.165, 1.54) is 0 Å². The summed E-state index contributed by atoms with van der Waals surface area (Å²) >= 11 is 0. The minimum atomic E-state index is -0.766. The highest BCUT2D eigenvalue weighted by atomic mass is 16.4. The van der Waals surface area contributed by atoms with E-state index in [-0.39, 0.29) is 12.1 Å². The Morgan fingerprint density at radius 3 is 2.24 bits per heavy atom. The summed E-state index contributed by atoms with van der Waals surface area (Å²) in [7, 11) is 0. The molecule has 1 rings (SSSR count). The van der Waals surface area contributed by atoms with E-state index in [1.807, 2.05) is 6.92 Å². The monoisotopic (exact) mass is 299 g/mol. The van der Waals surface area contributed by atoms with Crippen molar-refractivity contribution in [2.75, 3.05) is 32.7 Å². The van der Waals surface area contributed by atoms with E-state index in [0.717, 1.165) is 19.6 Å². The van der Waals surface area contributed by atoms with Crippen LogP contribution < -0.4 is 5.32 Å². The van der Waals surface area contributed by atoms with Gasteiger partial charge in [-0.2, -0.15) is 0 Å². The van der Waals surface area contributed by atoms with Gasteiger partial charge in [-0.1, -0.05) is 13.8 Å². The number of carbonyl (C=O) groups is 2. The van der Waals surface area contributed by atoms with Crippen LogP contribution in [-0.4, -0.2) is 65.7 Å². The number of likely N-dealkylation sites (N-methyl/N-ethyl adjacent to an activating group) is 1. The normalized spacial score (nSPS) is 19.4. The molecule has 0 spiro atoms. The minimum Gasteiger partial charge on any atom is -0.481 e. The number of carboxylic acids is 1. The molecular weight excluding hydrogens is 270 g/mol. The molecule has 0 aromatic rings. The summed E-state index contributed by atoms with van der Waals surface area (Å²) in [5, 5.41) is 12.2. The zero-order valence-corrected chi connectivity index (χ0v) is 13.7. The third-order valence-corrected chi connectivity index (χ3v) is 4.47. The van der Waals surface area contributed by atoms with Crippen molar-refractivity contribution in [2.45, 2.75) is 46.6 Å². The van der Waals surface area contributed by atoms with Crippen LogP contribution in [0.4, 0.5) is 4.79 Å². The summed E-state index contributed by atoms with van der Waals surface area (Å²) in [6.07, 6.45) is 1.03. The number of rotatable bonds is 6. The summed E-state index contributed by atoms with van der Waals surface area (Å²) in [4.78, 5) is 27.4. The van der Waals surface area contributed by atoms with Crippen LogP contribution in [0.2, 0.25) is 0 Å². The van der Waals surface area contributed by atoms with Crippen molar-refractivity contribution < 1.29 is 14.7 Å². The van der Waals surface area contributed by atoms with Gasteiger partial charge in [-0.3, -0.25) is 4.79 Å². The van der Waals surface area contributed by atoms with Crippen molar-refractivity contribution in [1.29, 1.82) is 0 Å². The lowest BCUT2D eigenvalue weighted by Crippen LogP contribution is -2.52. The van der Waals surface area contributed by atoms with Gasteiger partial charge in [0.2, 0.25) is 0 Å². The molecule has 21 heavy (non-hydrogen) atoms. The lowest BCUT2D eigenvalue weighted by Gasteiger charge is -2.37. The van der Waals surface area contributed by atoms with E-state index in [0.29, 0.717) is 25.9 Å². The lowest BCUT2D eigenvalue weighted by atomic mass is 9.80. The smallest absolute Gasteiger partial charge is 0.317 e. The first-order valence-corrected chi connectivity index (χ1v) is 7.83. The second kappa shape index (κ2) is 7.64. The molecule has 1 heterocycles. The molecule has 0 bridgehead atoms. The van der Waals surface area contributed by atoms with E-state index in [9.17, 15) is 14.7 Å². The summed E-state index contributed by atoms with van der Waals surface area (Å²) in [5.41, 5.74) is -0.691. The van der Waals surface area contributed by atoms with Crippen LogP contribution in [-0.2, 0) is 4.79 Å². The van der Waals surface area contributed by atoms with Crippen LogP contribution in [0, 0.1) is 5.41 Å². The highest BCUT2D eigenvalue weighted by molar-refractivity contribution is 5.77. The molecule has 1 aliphatic rings. The van der Waals surface area contributed by atoms with Gasteiger partial charge in [0.15, 0.2) is 0 Å². The molecule has 0 radical (unpaired) electrons. The lowest BCUT2D eigenvalue weighted by molar-refractivity contribution is -0.150. The van der Waals surface area contributed by atoms with Gasteiger partial charge in [-0.15, -0.1) is 0 Å². The minimum absolute atomic E-state index is 0.0814. The zero-order chi connectivity index (χ0) is 16.0. The maximum Gasteiger partial charge on any atom is 0.317 e. The fraction of sp³-hybridized carbons (Fsp3) is 0.867. The van der Waals surface area contributed by atoms with Crippen molar-refractivity contribution >= 4 is 12.0 Å². The molecule has 0 aromatic carbocycles. The topological polar surface area (TPSA) is 72.9 Å². The Balaban J connectivity index is 2.42. The van der Waals surface area contributed by atoms with Crippen molar-refractivity contribution in [3.8, 4) is 0 Å². The van der Waals surface area contributed by atoms with Gasteiger partial charge in [0.05, 0.1) is 5.41 Å². The van der Waals surface area contributed by atoms with Crippen LogP contribution >= 0.6 is 0 Å². The average Bonchev–Trinajstić information content (AvgIpc) is 2.45. The molecule has 0 aromatic heterocycles. The Kier molecular flexibility index (Phi) is 6.45. The Labute approximate surface area is 127 Å². The first-order valence-electron chi connectivity index (χ1n) is 7.83. The van der Waals surface area contributed by atoms with E-state index < -0.39 is 11.4 Å². The van der Waals surface area contributed by atoms with Crippen LogP contribution in [0.15, 0.2) is 0 Å². The second-order valence-corrected chi connectivity index (χ2v) is 6.19. The third-order valence-electron chi connectivity index (χ3n) is 4.47. The van der Waals surface area contributed by atoms with Crippen molar-refractivity contribution in [2.24, 2.45) is 5.41 Å². The molecule has 122 valence electrons. The molecule has 6 nitrogen and oxygen atoms in total. The quantitative estimate of drug-likeness (QED) is 0.781. The maximum atomic E-state index is 12.2. The first kappa shape index (κ1) is 17.8. The number of hydrogen-bond donors (Lipinski definition) is 2. The van der Waals surface area contributed by atoms with Gasteiger partial charge in [-0.25, -0.2) is 4.79 Å². The highest BCUT2D eigenvalue weighted by Crippen LogP contribution is 2.30. The molecule has 1 saturated heterocycles. The average molecular weight is 299 g/mol. The van der Waals surface area contributed by atoms with Crippen molar-refractivity contribution in [1.82, 2.24) is 15.1 Å². The summed E-state index contributed by atoms with van der Waals surface area (Å²) in [5.74, 6) is -0.766. The van der Waals surface area contributed by atoms with E-state index in [4.69, 9.17) is 0 Å². The SMILES string of the molecule is CCN(CC)CC(C)NC(=O)N1CCC(C)(C(=O)O)CC1. The Bertz CT molecular complexity index is 361. The molecule has 1 atom stereocenters. The summed E-state index contributed by atoms with van der Waals surface area (Å²) < 4.78 is 0. The van der Waals surface area contributed by atoms with Gasteiger partial charge in [0, 0.05) is 25.7 Å². The molecule has 0 aliphatic carbocycles. The summed E-state index contributed by atoms with van der Waals surface area (Å²) in [6, 6.07) is 0.00674. The van der Waals surface area contributed by atoms with Crippen LogP contribution in [0.1, 0.15) is 40.5 Å². The molecule has 2 N–H and O–H groups in total. The largest absolute Gasteiger partial charge is 0.481 e. The van der Waals surface area contributed by atoms with Crippen LogP contribution in [0.25, 0.3) is 0 Å². The van der Waals surface area contributed by atoms with Crippen molar-refractivity contribution in [3.63, 3.8) is 0 Å². The predicted octanol–water partition coefficient (Wildman–Crippen LogP) is 1.61. The maximum absolute atomic E-state index is 12.2. The third kappa shape index (κ3) is 4.88. The fourth-order valence-electron chi connectivity index (χ4n) is 2.63.